The molecule has 0 unspecified atom stereocenters. The second kappa shape index (κ2) is 7.51. The van der Waals surface area contributed by atoms with Crippen LogP contribution >= 0.6 is 0 Å². The lowest BCUT2D eigenvalue weighted by molar-refractivity contribution is 0.127. The fraction of sp³-hybridized carbons (Fsp3) is 0.333. The zero-order valence-electron chi connectivity index (χ0n) is 15.6. The van der Waals surface area contributed by atoms with Crippen LogP contribution in [-0.2, 0) is 14.6 Å². The molecular weight excluding hydrogens is 360 g/mol. The molecule has 0 aromatic heterocycles. The van der Waals surface area contributed by atoms with Gasteiger partial charge in [-0.1, -0.05) is 66.8 Å². The lowest BCUT2D eigenvalue weighted by atomic mass is 10.0. The number of sulfone groups is 1. The molecule has 138 valence electrons. The van der Waals surface area contributed by atoms with Crippen molar-refractivity contribution < 1.29 is 13.2 Å². The van der Waals surface area contributed by atoms with Gasteiger partial charge >= 0.3 is 0 Å². The normalized spacial score (nSPS) is 21.3. The van der Waals surface area contributed by atoms with E-state index in [9.17, 15) is 8.42 Å². The van der Waals surface area contributed by atoms with E-state index in [1.165, 1.54) is 5.19 Å². The van der Waals surface area contributed by atoms with Crippen molar-refractivity contribution in [2.24, 2.45) is 0 Å². The van der Waals surface area contributed by atoms with Gasteiger partial charge in [-0.3, -0.25) is 0 Å². The number of benzene rings is 2. The average Bonchev–Trinajstić information content (AvgIpc) is 2.68. The summed E-state index contributed by atoms with van der Waals surface area (Å²) in [7, 11) is -3.91. The molecule has 1 aliphatic rings. The van der Waals surface area contributed by atoms with Crippen LogP contribution in [-0.4, -0.2) is 29.7 Å². The van der Waals surface area contributed by atoms with Gasteiger partial charge in [0.05, 0.1) is 19.1 Å². The van der Waals surface area contributed by atoms with E-state index in [2.05, 4.69) is 25.2 Å². The summed E-state index contributed by atoms with van der Waals surface area (Å²) < 4.78 is 32.4. The monoisotopic (exact) mass is 386 g/mol. The Morgan fingerprint density at radius 3 is 2.08 bits per heavy atom. The molecule has 2 aromatic carbocycles. The van der Waals surface area contributed by atoms with Gasteiger partial charge in [0.1, 0.15) is 0 Å². The first-order chi connectivity index (χ1) is 12.4. The predicted octanol–water partition coefficient (Wildman–Crippen LogP) is 4.14. The van der Waals surface area contributed by atoms with E-state index in [0.29, 0.717) is 9.80 Å². The van der Waals surface area contributed by atoms with Crippen molar-refractivity contribution in [2.75, 3.05) is 7.11 Å². The summed E-state index contributed by atoms with van der Waals surface area (Å²) in [5, 5.41) is 1.29. The third-order valence-electron chi connectivity index (χ3n) is 5.49. The molecule has 5 heteroatoms. The smallest absolute Gasteiger partial charge is 0.202 e. The minimum Gasteiger partial charge on any atom is -0.377 e. The van der Waals surface area contributed by atoms with Gasteiger partial charge in [-0.05, 0) is 36.6 Å². The van der Waals surface area contributed by atoms with Gasteiger partial charge < -0.3 is 4.74 Å². The number of ether oxygens (including phenoxy) is 1. The summed E-state index contributed by atoms with van der Waals surface area (Å²) in [6.45, 7) is 4.54. The van der Waals surface area contributed by atoms with Crippen molar-refractivity contribution in [3.05, 3.63) is 71.6 Å². The molecule has 0 saturated carbocycles. The Morgan fingerprint density at radius 2 is 1.50 bits per heavy atom. The fourth-order valence-corrected chi connectivity index (χ4v) is 9.95. The minimum atomic E-state index is -3.53. The minimum absolute atomic E-state index is 0.0431. The first-order valence-electron chi connectivity index (χ1n) is 8.97. The largest absolute Gasteiger partial charge is 0.377 e. The summed E-state index contributed by atoms with van der Waals surface area (Å²) in [5.74, 6) is 0. The maximum absolute atomic E-state index is 13.4. The van der Waals surface area contributed by atoms with Crippen molar-refractivity contribution in [3.8, 4) is 0 Å². The topological polar surface area (TPSA) is 43.4 Å². The first-order valence-corrected chi connectivity index (χ1v) is 13.5. The molecule has 0 N–H and O–H groups in total. The van der Waals surface area contributed by atoms with Crippen LogP contribution in [0.25, 0.3) is 0 Å². The van der Waals surface area contributed by atoms with E-state index >= 15 is 0 Å². The van der Waals surface area contributed by atoms with E-state index in [1.54, 1.807) is 31.4 Å². The van der Waals surface area contributed by atoms with Crippen LogP contribution in [0.15, 0.2) is 76.5 Å². The van der Waals surface area contributed by atoms with Crippen LogP contribution in [0.2, 0.25) is 18.6 Å². The van der Waals surface area contributed by atoms with Crippen LogP contribution in [0, 0.1) is 0 Å². The molecule has 0 spiro atoms. The molecule has 26 heavy (non-hydrogen) atoms. The summed E-state index contributed by atoms with van der Waals surface area (Å²) in [4.78, 5) is 0.910. The number of hydrogen-bond acceptors (Lipinski definition) is 3. The van der Waals surface area contributed by atoms with Gasteiger partial charge in [-0.2, -0.15) is 0 Å². The molecule has 3 nitrogen and oxygen atoms in total. The number of allylic oxidation sites excluding steroid dienone is 1. The SMILES string of the molecule is CO[C@@H]1C=C(S(=O)(=O)c2ccccc2)[C@@H]([Si](C)(C)c2ccccc2)CC1. The summed E-state index contributed by atoms with van der Waals surface area (Å²) in [6, 6.07) is 19.1. The van der Waals surface area contributed by atoms with E-state index in [1.807, 2.05) is 30.3 Å². The summed E-state index contributed by atoms with van der Waals surface area (Å²) >= 11 is 0. The molecule has 0 saturated heterocycles. The molecular formula is C21H26O3SSi. The maximum atomic E-state index is 13.4. The second-order valence-electron chi connectivity index (χ2n) is 7.38. The molecule has 3 rings (SSSR count). The number of methoxy groups -OCH3 is 1. The van der Waals surface area contributed by atoms with Gasteiger partial charge in [0.25, 0.3) is 0 Å². The van der Waals surface area contributed by atoms with Crippen LogP contribution in [0.5, 0.6) is 0 Å². The van der Waals surface area contributed by atoms with Gasteiger partial charge in [0, 0.05) is 12.0 Å². The van der Waals surface area contributed by atoms with Crippen molar-refractivity contribution in [3.63, 3.8) is 0 Å². The fourth-order valence-electron chi connectivity index (χ4n) is 3.84. The molecule has 0 bridgehead atoms. The Balaban J connectivity index is 2.10. The van der Waals surface area contributed by atoms with Crippen LogP contribution < -0.4 is 5.19 Å². The molecule has 0 aliphatic heterocycles. The Kier molecular flexibility index (Phi) is 5.51. The lowest BCUT2D eigenvalue weighted by Gasteiger charge is -2.38. The van der Waals surface area contributed by atoms with Crippen molar-refractivity contribution in [1.82, 2.24) is 0 Å². The molecule has 0 heterocycles. The maximum Gasteiger partial charge on any atom is 0.202 e. The zero-order valence-corrected chi connectivity index (χ0v) is 17.4. The standard InChI is InChI=1S/C21H26O3SSi/c1-24-17-14-15-21(26(2,3)19-12-8-5-9-13-19)20(16-17)25(22,23)18-10-6-4-7-11-18/h4-13,16-17,21H,14-15H2,1-3H3/t17-,21-/m0/s1. The molecule has 0 amide bonds. The average molecular weight is 387 g/mol. The highest BCUT2D eigenvalue weighted by molar-refractivity contribution is 7.95. The Labute approximate surface area is 157 Å². The lowest BCUT2D eigenvalue weighted by Crippen LogP contribution is -2.48. The number of hydrogen-bond donors (Lipinski definition) is 0. The van der Waals surface area contributed by atoms with Crippen LogP contribution in [0.4, 0.5) is 0 Å². The molecule has 1 aliphatic carbocycles. The van der Waals surface area contributed by atoms with Crippen LogP contribution in [0.3, 0.4) is 0 Å². The van der Waals surface area contributed by atoms with Crippen molar-refractivity contribution >= 4 is 23.1 Å². The molecule has 2 atom stereocenters. The zero-order chi connectivity index (χ0) is 18.8. The third-order valence-corrected chi connectivity index (χ3v) is 11.8. The van der Waals surface area contributed by atoms with Crippen molar-refractivity contribution in [2.45, 2.75) is 42.5 Å². The van der Waals surface area contributed by atoms with Crippen LogP contribution in [0.1, 0.15) is 12.8 Å². The van der Waals surface area contributed by atoms with Gasteiger partial charge in [-0.15, -0.1) is 0 Å². The van der Waals surface area contributed by atoms with Gasteiger partial charge in [0.2, 0.25) is 9.84 Å². The highest BCUT2D eigenvalue weighted by Gasteiger charge is 2.43. The Morgan fingerprint density at radius 1 is 0.923 bits per heavy atom. The first kappa shape index (κ1) is 19.1. The quantitative estimate of drug-likeness (QED) is 0.726. The van der Waals surface area contributed by atoms with E-state index in [4.69, 9.17) is 4.74 Å². The highest BCUT2D eigenvalue weighted by Crippen LogP contribution is 2.43. The second-order valence-corrected chi connectivity index (χ2v) is 14.0. The predicted molar refractivity (Wildman–Crippen MR) is 109 cm³/mol. The number of rotatable bonds is 5. The highest BCUT2D eigenvalue weighted by atomic mass is 32.2. The van der Waals surface area contributed by atoms with E-state index in [-0.39, 0.29) is 11.6 Å². The van der Waals surface area contributed by atoms with E-state index in [0.717, 1.165) is 12.8 Å². The van der Waals surface area contributed by atoms with Crippen molar-refractivity contribution in [1.29, 1.82) is 0 Å². The van der Waals surface area contributed by atoms with Gasteiger partial charge in [-0.25, -0.2) is 8.42 Å². The molecule has 0 fully saturated rings. The molecule has 0 radical (unpaired) electrons. The summed E-state index contributed by atoms with van der Waals surface area (Å²) in [5.41, 5.74) is 0.0431. The van der Waals surface area contributed by atoms with E-state index < -0.39 is 17.9 Å². The van der Waals surface area contributed by atoms with Gasteiger partial charge in [0.15, 0.2) is 0 Å². The molecule has 2 aromatic rings. The summed E-state index contributed by atoms with van der Waals surface area (Å²) in [6.07, 6.45) is 3.41. The Hall–Kier alpha value is -1.69. The Bertz CT molecular complexity index is 874. The third kappa shape index (κ3) is 3.56.